The minimum Gasteiger partial charge on any atom is -0.508 e. The molecular formula is C25H38N4O8. The lowest BCUT2D eigenvalue weighted by Crippen LogP contribution is -2.58. The van der Waals surface area contributed by atoms with E-state index in [1.807, 2.05) is 27.7 Å². The quantitative estimate of drug-likeness (QED) is 0.169. The standard InChI is InChI=1S/C25H38N4O8/c1-13(2)9-17(26)22(33)27-18(10-14(3)4)23(34)28-19(11-15-5-7-16(30)8-6-15)24(35)29-20(25(36)37)12-21(31)32/h5-8,13-14,17-20,30H,9-12,26H2,1-4H3,(H,27,33)(H,28,34)(H,29,35)(H,31,32)(H,36,37). The van der Waals surface area contributed by atoms with E-state index < -0.39 is 60.2 Å². The normalized spacial score (nSPS) is 14.4. The van der Waals surface area contributed by atoms with Gasteiger partial charge >= 0.3 is 11.9 Å². The number of aromatic hydroxyl groups is 1. The Kier molecular flexibility index (Phi) is 12.5. The van der Waals surface area contributed by atoms with Crippen LogP contribution >= 0.6 is 0 Å². The summed E-state index contributed by atoms with van der Waals surface area (Å²) >= 11 is 0. The third-order valence-corrected chi connectivity index (χ3v) is 5.40. The Hall–Kier alpha value is -3.67. The van der Waals surface area contributed by atoms with E-state index in [9.17, 15) is 34.2 Å². The number of carbonyl (C=O) groups excluding carboxylic acids is 3. The predicted molar refractivity (Wildman–Crippen MR) is 134 cm³/mol. The number of carboxylic acid groups (broad SMARTS) is 2. The van der Waals surface area contributed by atoms with Crippen molar-refractivity contribution in [3.05, 3.63) is 29.8 Å². The number of nitrogens with one attached hydrogen (secondary N) is 3. The largest absolute Gasteiger partial charge is 0.508 e. The Bertz CT molecular complexity index is 949. The number of phenolic OH excluding ortho intramolecular Hbond substituents is 1. The van der Waals surface area contributed by atoms with Gasteiger partial charge in [0.1, 0.15) is 23.9 Å². The molecule has 0 aromatic heterocycles. The summed E-state index contributed by atoms with van der Waals surface area (Å²) in [5.41, 5.74) is 6.49. The van der Waals surface area contributed by atoms with E-state index in [1.54, 1.807) is 0 Å². The number of amides is 3. The van der Waals surface area contributed by atoms with Crippen LogP contribution in [0.5, 0.6) is 5.75 Å². The maximum absolute atomic E-state index is 13.2. The minimum absolute atomic E-state index is 0.00583. The van der Waals surface area contributed by atoms with Crippen LogP contribution in [0, 0.1) is 11.8 Å². The molecule has 1 rings (SSSR count). The number of carbonyl (C=O) groups is 5. The highest BCUT2D eigenvalue weighted by atomic mass is 16.4. The lowest BCUT2D eigenvalue weighted by molar-refractivity contribution is -0.147. The number of phenols is 1. The highest BCUT2D eigenvalue weighted by molar-refractivity contribution is 5.94. The number of rotatable bonds is 15. The first-order valence-electron chi connectivity index (χ1n) is 12.1. The highest BCUT2D eigenvalue weighted by Gasteiger charge is 2.31. The molecule has 12 nitrogen and oxygen atoms in total. The van der Waals surface area contributed by atoms with Gasteiger partial charge in [-0.1, -0.05) is 39.8 Å². The molecule has 4 atom stereocenters. The lowest BCUT2D eigenvalue weighted by atomic mass is 9.99. The van der Waals surface area contributed by atoms with Crippen LogP contribution in [-0.2, 0) is 30.4 Å². The van der Waals surface area contributed by atoms with Crippen LogP contribution in [0.4, 0.5) is 0 Å². The first-order chi connectivity index (χ1) is 17.2. The molecule has 12 heteroatoms. The molecule has 0 heterocycles. The van der Waals surface area contributed by atoms with Crippen LogP contribution < -0.4 is 21.7 Å². The fourth-order valence-corrected chi connectivity index (χ4v) is 3.59. The topological polar surface area (TPSA) is 208 Å². The molecule has 0 spiro atoms. The molecule has 8 N–H and O–H groups in total. The zero-order valence-electron chi connectivity index (χ0n) is 21.6. The number of carboxylic acids is 2. The van der Waals surface area contributed by atoms with Crippen LogP contribution in [0.1, 0.15) is 52.5 Å². The smallest absolute Gasteiger partial charge is 0.326 e. The Morgan fingerprint density at radius 1 is 0.757 bits per heavy atom. The highest BCUT2D eigenvalue weighted by Crippen LogP contribution is 2.13. The Morgan fingerprint density at radius 3 is 1.73 bits per heavy atom. The van der Waals surface area contributed by atoms with Gasteiger partial charge in [0.15, 0.2) is 0 Å². The second-order valence-electron chi connectivity index (χ2n) is 9.86. The number of benzene rings is 1. The van der Waals surface area contributed by atoms with Crippen molar-refractivity contribution in [2.45, 2.75) is 77.5 Å². The van der Waals surface area contributed by atoms with Crippen LogP contribution in [0.2, 0.25) is 0 Å². The second kappa shape index (κ2) is 14.8. The minimum atomic E-state index is -1.72. The second-order valence-corrected chi connectivity index (χ2v) is 9.86. The Balaban J connectivity index is 3.16. The van der Waals surface area contributed by atoms with Crippen molar-refractivity contribution in [1.82, 2.24) is 16.0 Å². The Labute approximate surface area is 216 Å². The van der Waals surface area contributed by atoms with Gasteiger partial charge in [-0.05, 0) is 42.4 Å². The van der Waals surface area contributed by atoms with Crippen molar-refractivity contribution < 1.29 is 39.3 Å². The molecule has 0 radical (unpaired) electrons. The molecule has 1 aromatic rings. The first-order valence-corrected chi connectivity index (χ1v) is 12.1. The molecular weight excluding hydrogens is 484 g/mol. The van der Waals surface area contributed by atoms with Crippen LogP contribution in [0.3, 0.4) is 0 Å². The molecule has 1 aromatic carbocycles. The van der Waals surface area contributed by atoms with Gasteiger partial charge in [0.25, 0.3) is 0 Å². The molecule has 4 unspecified atom stereocenters. The van der Waals surface area contributed by atoms with Gasteiger partial charge < -0.3 is 37.0 Å². The Morgan fingerprint density at radius 2 is 1.24 bits per heavy atom. The molecule has 0 fully saturated rings. The van der Waals surface area contributed by atoms with Crippen molar-refractivity contribution in [1.29, 1.82) is 0 Å². The van der Waals surface area contributed by atoms with Gasteiger partial charge in [-0.2, -0.15) is 0 Å². The molecule has 37 heavy (non-hydrogen) atoms. The monoisotopic (exact) mass is 522 g/mol. The SMILES string of the molecule is CC(C)CC(N)C(=O)NC(CC(C)C)C(=O)NC(Cc1ccc(O)cc1)C(=O)NC(CC(=O)O)C(=O)O. The molecule has 0 saturated carbocycles. The number of nitrogens with two attached hydrogens (primary N) is 1. The lowest BCUT2D eigenvalue weighted by Gasteiger charge is -2.26. The predicted octanol–water partition coefficient (Wildman–Crippen LogP) is 0.368. The molecule has 0 aliphatic heterocycles. The summed E-state index contributed by atoms with van der Waals surface area (Å²) in [5, 5.41) is 35.2. The average molecular weight is 523 g/mol. The summed E-state index contributed by atoms with van der Waals surface area (Å²) in [5.74, 6) is -4.94. The van der Waals surface area contributed by atoms with Gasteiger partial charge in [-0.3, -0.25) is 19.2 Å². The van der Waals surface area contributed by atoms with Crippen molar-refractivity contribution >= 4 is 29.7 Å². The zero-order valence-corrected chi connectivity index (χ0v) is 21.6. The fourth-order valence-electron chi connectivity index (χ4n) is 3.59. The van der Waals surface area contributed by atoms with E-state index in [-0.39, 0.29) is 30.4 Å². The van der Waals surface area contributed by atoms with Gasteiger partial charge in [-0.15, -0.1) is 0 Å². The van der Waals surface area contributed by atoms with Gasteiger partial charge in [0.2, 0.25) is 17.7 Å². The van der Waals surface area contributed by atoms with Crippen LogP contribution in [0.25, 0.3) is 0 Å². The molecule has 0 saturated heterocycles. The van der Waals surface area contributed by atoms with Gasteiger partial charge in [-0.25, -0.2) is 4.79 Å². The molecule has 3 amide bonds. The maximum Gasteiger partial charge on any atom is 0.326 e. The van der Waals surface area contributed by atoms with E-state index in [2.05, 4.69) is 16.0 Å². The fraction of sp³-hybridized carbons (Fsp3) is 0.560. The third-order valence-electron chi connectivity index (χ3n) is 5.40. The summed E-state index contributed by atoms with van der Waals surface area (Å²) in [6, 6.07) is 0.940. The van der Waals surface area contributed by atoms with E-state index in [4.69, 9.17) is 10.8 Å². The first kappa shape index (κ1) is 31.4. The summed E-state index contributed by atoms with van der Waals surface area (Å²) in [6.45, 7) is 7.52. The van der Waals surface area contributed by atoms with Gasteiger partial charge in [0, 0.05) is 6.42 Å². The van der Waals surface area contributed by atoms with Crippen molar-refractivity contribution in [2.24, 2.45) is 17.6 Å². The average Bonchev–Trinajstić information content (AvgIpc) is 2.77. The summed E-state index contributed by atoms with van der Waals surface area (Å²) in [7, 11) is 0. The van der Waals surface area contributed by atoms with Crippen LogP contribution in [0.15, 0.2) is 24.3 Å². The van der Waals surface area contributed by atoms with Crippen molar-refractivity contribution in [3.8, 4) is 5.75 Å². The van der Waals surface area contributed by atoms with E-state index in [0.717, 1.165) is 0 Å². The number of aliphatic carboxylic acids is 2. The number of hydrogen-bond donors (Lipinski definition) is 7. The molecule has 0 aliphatic carbocycles. The molecule has 0 aliphatic rings. The number of hydrogen-bond acceptors (Lipinski definition) is 7. The van der Waals surface area contributed by atoms with E-state index >= 15 is 0 Å². The summed E-state index contributed by atoms with van der Waals surface area (Å²) < 4.78 is 0. The third kappa shape index (κ3) is 11.7. The summed E-state index contributed by atoms with van der Waals surface area (Å²) in [6.07, 6.45) is -0.294. The van der Waals surface area contributed by atoms with Crippen LogP contribution in [-0.4, -0.2) is 69.1 Å². The summed E-state index contributed by atoms with van der Waals surface area (Å²) in [4.78, 5) is 61.3. The van der Waals surface area contributed by atoms with Crippen molar-refractivity contribution in [3.63, 3.8) is 0 Å². The van der Waals surface area contributed by atoms with Gasteiger partial charge in [0.05, 0.1) is 12.5 Å². The molecule has 0 bridgehead atoms. The van der Waals surface area contributed by atoms with Crippen molar-refractivity contribution in [2.75, 3.05) is 0 Å². The van der Waals surface area contributed by atoms with E-state index in [1.165, 1.54) is 24.3 Å². The molecule has 206 valence electrons. The maximum atomic E-state index is 13.2. The zero-order chi connectivity index (χ0) is 28.3. The van der Waals surface area contributed by atoms with E-state index in [0.29, 0.717) is 12.0 Å².